The maximum Gasteiger partial charge on any atom is 0.432 e. The average molecular weight is 572 g/mol. The second kappa shape index (κ2) is 9.75. The number of alkyl halides is 2. The van der Waals surface area contributed by atoms with Crippen molar-refractivity contribution in [1.29, 1.82) is 0 Å². The first-order chi connectivity index (χ1) is 19.5. The SMILES string of the molecule is Fc1cc([C@@]23C=CC(CC2)C3)ccc1-c1cc(F)c(C(F)(F)Oc2ccc(-c3cc(F)c(F)c(F)c3)cc2)c(F)c1. The smallest absolute Gasteiger partial charge is 0.429 e. The lowest BCUT2D eigenvalue weighted by molar-refractivity contribution is -0.189. The van der Waals surface area contributed by atoms with E-state index in [4.69, 9.17) is 0 Å². The lowest BCUT2D eigenvalue weighted by Crippen LogP contribution is -2.25. The molecule has 1 unspecified atom stereocenters. The summed E-state index contributed by atoms with van der Waals surface area (Å²) in [6.07, 6.45) is 2.48. The molecule has 9 heteroatoms. The normalized spacial score (nSPS) is 19.7. The van der Waals surface area contributed by atoms with E-state index >= 15 is 4.39 Å². The minimum absolute atomic E-state index is 0.0700. The van der Waals surface area contributed by atoms with Gasteiger partial charge in [-0.1, -0.05) is 36.4 Å². The molecule has 6 rings (SSSR count). The van der Waals surface area contributed by atoms with Crippen LogP contribution in [0.15, 0.2) is 78.9 Å². The summed E-state index contributed by atoms with van der Waals surface area (Å²) in [4.78, 5) is 0. The minimum Gasteiger partial charge on any atom is -0.429 e. The van der Waals surface area contributed by atoms with Crippen molar-refractivity contribution in [1.82, 2.24) is 0 Å². The molecule has 0 N–H and O–H groups in total. The molecule has 0 aliphatic heterocycles. The lowest BCUT2D eigenvalue weighted by atomic mass is 9.79. The summed E-state index contributed by atoms with van der Waals surface area (Å²) in [5, 5.41) is 0. The maximum atomic E-state index is 15.1. The monoisotopic (exact) mass is 572 g/mol. The Morgan fingerprint density at radius 1 is 0.683 bits per heavy atom. The van der Waals surface area contributed by atoms with Crippen LogP contribution in [0, 0.1) is 40.8 Å². The molecule has 2 bridgehead atoms. The molecule has 0 amide bonds. The number of hydrogen-bond acceptors (Lipinski definition) is 1. The molecular weight excluding hydrogens is 552 g/mol. The lowest BCUT2D eigenvalue weighted by Gasteiger charge is -2.24. The number of benzene rings is 4. The van der Waals surface area contributed by atoms with E-state index in [0.717, 1.165) is 61.2 Å². The van der Waals surface area contributed by atoms with Gasteiger partial charge in [0.2, 0.25) is 0 Å². The molecule has 41 heavy (non-hydrogen) atoms. The maximum absolute atomic E-state index is 15.1. The average Bonchev–Trinajstić information content (AvgIpc) is 3.54. The van der Waals surface area contributed by atoms with Gasteiger partial charge in [-0.05, 0) is 89.9 Å². The Balaban J connectivity index is 1.24. The molecule has 2 aliphatic carbocycles. The van der Waals surface area contributed by atoms with Crippen LogP contribution in [-0.4, -0.2) is 0 Å². The number of rotatable bonds is 6. The highest BCUT2D eigenvalue weighted by atomic mass is 19.3. The fraction of sp³-hybridized carbons (Fsp3) is 0.188. The molecule has 2 aliphatic rings. The molecule has 4 aromatic carbocycles. The second-order valence-corrected chi connectivity index (χ2v) is 10.4. The number of fused-ring (bicyclic) bond motifs is 2. The summed E-state index contributed by atoms with van der Waals surface area (Å²) < 4.78 is 120. The third-order valence-electron chi connectivity index (χ3n) is 7.88. The Morgan fingerprint density at radius 3 is 1.85 bits per heavy atom. The Kier molecular flexibility index (Phi) is 6.43. The number of allylic oxidation sites excluding steroid dienone is 2. The molecule has 0 spiro atoms. The Labute approximate surface area is 229 Å². The standard InChI is InChI=1S/C32H20F8O/c33-24-15-21(31-9-7-17(16-31)8-10-31)3-6-23(24)20-13-25(34)29(26(35)14-20)32(39,40)41-22-4-1-18(2-5-22)19-11-27(36)30(38)28(37)12-19/h1-7,9,11-15,17H,8,10,16H2/t17?,31-/m0/s1. The van der Waals surface area contributed by atoms with Gasteiger partial charge in [0.1, 0.15) is 28.8 Å². The zero-order chi connectivity index (χ0) is 29.1. The van der Waals surface area contributed by atoms with Gasteiger partial charge in [0.05, 0.1) is 0 Å². The van der Waals surface area contributed by atoms with Crippen LogP contribution in [0.3, 0.4) is 0 Å². The van der Waals surface area contributed by atoms with E-state index in [1.807, 2.05) is 0 Å². The number of hydrogen-bond donors (Lipinski definition) is 0. The molecule has 4 aromatic rings. The van der Waals surface area contributed by atoms with Crippen LogP contribution in [-0.2, 0) is 11.5 Å². The van der Waals surface area contributed by atoms with Crippen LogP contribution in [0.25, 0.3) is 22.3 Å². The third-order valence-corrected chi connectivity index (χ3v) is 7.88. The van der Waals surface area contributed by atoms with Crippen molar-refractivity contribution >= 4 is 0 Å². The molecular formula is C32H20F8O. The first-order valence-electron chi connectivity index (χ1n) is 12.8. The highest BCUT2D eigenvalue weighted by molar-refractivity contribution is 5.66. The van der Waals surface area contributed by atoms with E-state index in [0.29, 0.717) is 18.1 Å². The quantitative estimate of drug-likeness (QED) is 0.127. The van der Waals surface area contributed by atoms with Crippen molar-refractivity contribution in [3.05, 3.63) is 125 Å². The fourth-order valence-electron chi connectivity index (χ4n) is 5.81. The summed E-state index contributed by atoms with van der Waals surface area (Å²) in [5.74, 6) is -8.59. The molecule has 0 radical (unpaired) electrons. The Morgan fingerprint density at radius 2 is 1.32 bits per heavy atom. The second-order valence-electron chi connectivity index (χ2n) is 10.4. The molecule has 1 fully saturated rings. The zero-order valence-corrected chi connectivity index (χ0v) is 21.1. The first-order valence-corrected chi connectivity index (χ1v) is 12.8. The predicted molar refractivity (Wildman–Crippen MR) is 136 cm³/mol. The van der Waals surface area contributed by atoms with Gasteiger partial charge in [0.15, 0.2) is 17.5 Å². The van der Waals surface area contributed by atoms with Gasteiger partial charge in [-0.3, -0.25) is 0 Å². The molecule has 0 saturated heterocycles. The third kappa shape index (κ3) is 4.77. The van der Waals surface area contributed by atoms with Crippen molar-refractivity contribution in [2.24, 2.45) is 5.92 Å². The van der Waals surface area contributed by atoms with E-state index in [1.165, 1.54) is 12.1 Å². The van der Waals surface area contributed by atoms with Gasteiger partial charge >= 0.3 is 6.11 Å². The van der Waals surface area contributed by atoms with Crippen LogP contribution in [0.5, 0.6) is 5.75 Å². The van der Waals surface area contributed by atoms with E-state index in [9.17, 15) is 30.7 Å². The predicted octanol–water partition coefficient (Wildman–Crippen LogP) is 9.59. The molecule has 210 valence electrons. The van der Waals surface area contributed by atoms with E-state index in [1.54, 1.807) is 6.07 Å². The molecule has 1 nitrogen and oxygen atoms in total. The largest absolute Gasteiger partial charge is 0.432 e. The van der Waals surface area contributed by atoms with Gasteiger partial charge < -0.3 is 4.74 Å². The molecule has 0 heterocycles. The van der Waals surface area contributed by atoms with Crippen LogP contribution in [0.4, 0.5) is 35.1 Å². The zero-order valence-electron chi connectivity index (χ0n) is 21.1. The minimum atomic E-state index is -4.47. The van der Waals surface area contributed by atoms with Crippen LogP contribution in [0.1, 0.15) is 30.4 Å². The fourth-order valence-corrected chi connectivity index (χ4v) is 5.81. The highest BCUT2D eigenvalue weighted by Crippen LogP contribution is 2.51. The van der Waals surface area contributed by atoms with Crippen molar-refractivity contribution in [3.8, 4) is 28.0 Å². The van der Waals surface area contributed by atoms with Gasteiger partial charge in [-0.2, -0.15) is 8.78 Å². The summed E-state index contributed by atoms with van der Waals surface area (Å²) in [5.41, 5.74) is -1.49. The molecule has 2 atom stereocenters. The van der Waals surface area contributed by atoms with Crippen molar-refractivity contribution in [3.63, 3.8) is 0 Å². The summed E-state index contributed by atoms with van der Waals surface area (Å²) in [6.45, 7) is 0. The summed E-state index contributed by atoms with van der Waals surface area (Å²) in [6, 6.07) is 11.4. The van der Waals surface area contributed by atoms with Gasteiger partial charge in [0, 0.05) is 11.0 Å². The van der Waals surface area contributed by atoms with Gasteiger partial charge in [0.25, 0.3) is 0 Å². The van der Waals surface area contributed by atoms with Crippen LogP contribution in [0.2, 0.25) is 0 Å². The highest BCUT2D eigenvalue weighted by Gasteiger charge is 2.43. The number of halogens is 8. The molecule has 1 saturated carbocycles. The topological polar surface area (TPSA) is 9.23 Å². The van der Waals surface area contributed by atoms with Crippen LogP contribution >= 0.6 is 0 Å². The van der Waals surface area contributed by atoms with E-state index < -0.39 is 52.3 Å². The van der Waals surface area contributed by atoms with Crippen molar-refractivity contribution in [2.75, 3.05) is 0 Å². The summed E-state index contributed by atoms with van der Waals surface area (Å²) in [7, 11) is 0. The van der Waals surface area contributed by atoms with Crippen molar-refractivity contribution in [2.45, 2.75) is 30.8 Å². The summed E-state index contributed by atoms with van der Waals surface area (Å²) >= 11 is 0. The van der Waals surface area contributed by atoms with Crippen LogP contribution < -0.4 is 4.74 Å². The Hall–Kier alpha value is -4.14. The van der Waals surface area contributed by atoms with E-state index in [2.05, 4.69) is 16.9 Å². The molecule has 0 aromatic heterocycles. The van der Waals surface area contributed by atoms with Crippen molar-refractivity contribution < 1.29 is 39.9 Å². The number of ether oxygens (including phenoxy) is 1. The van der Waals surface area contributed by atoms with Gasteiger partial charge in [-0.25, -0.2) is 26.3 Å². The Bertz CT molecular complexity index is 1650. The first kappa shape index (κ1) is 27.1. The van der Waals surface area contributed by atoms with E-state index in [-0.39, 0.29) is 27.7 Å². The van der Waals surface area contributed by atoms with Gasteiger partial charge in [-0.15, -0.1) is 0 Å².